The fourth-order valence-corrected chi connectivity index (χ4v) is 2.84. The molecular formula is C16H20N4O2. The molecule has 1 aromatic carbocycles. The van der Waals surface area contributed by atoms with E-state index in [9.17, 15) is 5.11 Å². The Morgan fingerprint density at radius 3 is 2.55 bits per heavy atom. The Morgan fingerprint density at radius 2 is 1.86 bits per heavy atom. The van der Waals surface area contributed by atoms with Crippen LogP contribution in [0, 0.1) is 0 Å². The van der Waals surface area contributed by atoms with Crippen molar-refractivity contribution in [2.45, 2.75) is 26.1 Å². The number of para-hydroxylation sites is 1. The van der Waals surface area contributed by atoms with E-state index in [2.05, 4.69) is 15.1 Å². The number of ether oxygens (including phenoxy) is 1. The van der Waals surface area contributed by atoms with Gasteiger partial charge in [-0.15, -0.1) is 10.2 Å². The monoisotopic (exact) mass is 300 g/mol. The van der Waals surface area contributed by atoms with Crippen LogP contribution in [0.3, 0.4) is 0 Å². The van der Waals surface area contributed by atoms with E-state index < -0.39 is 0 Å². The molecular weight excluding hydrogens is 280 g/mol. The van der Waals surface area contributed by atoms with Crippen LogP contribution in [0.5, 0.6) is 5.75 Å². The second-order valence-corrected chi connectivity index (χ2v) is 5.68. The third-order valence-electron chi connectivity index (χ3n) is 3.74. The molecule has 6 nitrogen and oxygen atoms in total. The molecule has 1 saturated heterocycles. The zero-order valence-electron chi connectivity index (χ0n) is 12.7. The summed E-state index contributed by atoms with van der Waals surface area (Å²) in [5.41, 5.74) is 8.09. The Bertz CT molecular complexity index is 667. The van der Waals surface area contributed by atoms with E-state index in [1.54, 1.807) is 12.1 Å². The number of nitrogen functional groups attached to an aromatic ring is 1. The molecule has 116 valence electrons. The van der Waals surface area contributed by atoms with Crippen molar-refractivity contribution in [1.82, 2.24) is 10.2 Å². The normalized spacial score (nSPS) is 21.8. The van der Waals surface area contributed by atoms with Gasteiger partial charge in [0.1, 0.15) is 5.75 Å². The Kier molecular flexibility index (Phi) is 3.85. The number of anilines is 2. The first-order chi connectivity index (χ1) is 10.5. The quantitative estimate of drug-likeness (QED) is 0.883. The highest BCUT2D eigenvalue weighted by atomic mass is 16.5. The molecule has 2 aromatic rings. The second-order valence-electron chi connectivity index (χ2n) is 5.68. The number of nitrogens with zero attached hydrogens (tertiary/aromatic N) is 3. The lowest BCUT2D eigenvalue weighted by molar-refractivity contribution is -0.00519. The molecule has 0 amide bonds. The van der Waals surface area contributed by atoms with Crippen LogP contribution in [0.15, 0.2) is 30.3 Å². The molecule has 0 aliphatic carbocycles. The van der Waals surface area contributed by atoms with Gasteiger partial charge in [-0.25, -0.2) is 0 Å². The Labute approximate surface area is 129 Å². The molecule has 1 fully saturated rings. The molecule has 2 unspecified atom stereocenters. The van der Waals surface area contributed by atoms with E-state index >= 15 is 0 Å². The summed E-state index contributed by atoms with van der Waals surface area (Å²) in [7, 11) is 0. The highest BCUT2D eigenvalue weighted by Gasteiger charge is 2.24. The lowest BCUT2D eigenvalue weighted by Crippen LogP contribution is -2.45. The first-order valence-electron chi connectivity index (χ1n) is 7.36. The third-order valence-corrected chi connectivity index (χ3v) is 3.74. The van der Waals surface area contributed by atoms with E-state index in [1.807, 2.05) is 32.0 Å². The maximum absolute atomic E-state index is 9.99. The number of benzene rings is 1. The van der Waals surface area contributed by atoms with Crippen molar-refractivity contribution < 1.29 is 9.84 Å². The average molecular weight is 300 g/mol. The van der Waals surface area contributed by atoms with Gasteiger partial charge in [-0.1, -0.05) is 12.1 Å². The van der Waals surface area contributed by atoms with Gasteiger partial charge in [0.2, 0.25) is 0 Å². The van der Waals surface area contributed by atoms with E-state index in [0.29, 0.717) is 17.1 Å². The predicted molar refractivity (Wildman–Crippen MR) is 85.8 cm³/mol. The highest BCUT2D eigenvalue weighted by Crippen LogP contribution is 2.32. The fourth-order valence-electron chi connectivity index (χ4n) is 2.84. The van der Waals surface area contributed by atoms with Gasteiger partial charge in [0.05, 0.1) is 23.6 Å². The van der Waals surface area contributed by atoms with Gasteiger partial charge in [0.25, 0.3) is 0 Å². The summed E-state index contributed by atoms with van der Waals surface area (Å²) in [5.74, 6) is 0.566. The second kappa shape index (κ2) is 5.81. The maximum atomic E-state index is 9.99. The smallest absolute Gasteiger partial charge is 0.169 e. The van der Waals surface area contributed by atoms with Crippen LogP contribution < -0.4 is 10.6 Å². The van der Waals surface area contributed by atoms with E-state index in [4.69, 9.17) is 10.5 Å². The minimum atomic E-state index is 0.130. The van der Waals surface area contributed by atoms with Gasteiger partial charge in [-0.3, -0.25) is 0 Å². The number of hydrogen-bond donors (Lipinski definition) is 2. The predicted octanol–water partition coefficient (Wildman–Crippen LogP) is 2.04. The summed E-state index contributed by atoms with van der Waals surface area (Å²) in [5, 5.41) is 18.2. The molecule has 2 atom stereocenters. The van der Waals surface area contributed by atoms with Crippen LogP contribution in [0.25, 0.3) is 11.3 Å². The summed E-state index contributed by atoms with van der Waals surface area (Å²) < 4.78 is 5.75. The lowest BCUT2D eigenvalue weighted by Gasteiger charge is -2.37. The van der Waals surface area contributed by atoms with Crippen LogP contribution in [-0.2, 0) is 4.74 Å². The van der Waals surface area contributed by atoms with Crippen LogP contribution in [0.2, 0.25) is 0 Å². The zero-order chi connectivity index (χ0) is 15.7. The third kappa shape index (κ3) is 2.82. The standard InChI is InChI=1S/C16H20N4O2/c1-10-8-20(9-11(2)22-10)14-7-13(18-19-16(14)17)12-5-3-4-6-15(12)21/h3-7,10-11,21H,8-9H2,1-2H3,(H2,17,19). The van der Waals surface area contributed by atoms with Crippen molar-refractivity contribution in [2.75, 3.05) is 23.7 Å². The maximum Gasteiger partial charge on any atom is 0.169 e. The molecule has 22 heavy (non-hydrogen) atoms. The van der Waals surface area contributed by atoms with Gasteiger partial charge >= 0.3 is 0 Å². The van der Waals surface area contributed by atoms with Crippen molar-refractivity contribution in [3.63, 3.8) is 0 Å². The van der Waals surface area contributed by atoms with Crippen molar-refractivity contribution >= 4 is 11.5 Å². The number of phenols is 1. The minimum absolute atomic E-state index is 0.130. The average Bonchev–Trinajstić information content (AvgIpc) is 2.47. The molecule has 3 rings (SSSR count). The van der Waals surface area contributed by atoms with E-state index in [1.165, 1.54) is 0 Å². The summed E-state index contributed by atoms with van der Waals surface area (Å²) in [4.78, 5) is 2.16. The number of rotatable bonds is 2. The van der Waals surface area contributed by atoms with Crippen LogP contribution >= 0.6 is 0 Å². The SMILES string of the molecule is CC1CN(c2cc(-c3ccccc3O)nnc2N)CC(C)O1. The summed E-state index contributed by atoms with van der Waals surface area (Å²) in [6.07, 6.45) is 0.259. The number of aromatic nitrogens is 2. The Hall–Kier alpha value is -2.34. The highest BCUT2D eigenvalue weighted by molar-refractivity contribution is 5.74. The number of nitrogens with two attached hydrogens (primary N) is 1. The first kappa shape index (κ1) is 14.6. The Morgan fingerprint density at radius 1 is 1.18 bits per heavy atom. The minimum Gasteiger partial charge on any atom is -0.507 e. The summed E-state index contributed by atoms with van der Waals surface area (Å²) in [6, 6.07) is 8.94. The van der Waals surface area contributed by atoms with Gasteiger partial charge in [-0.2, -0.15) is 0 Å². The number of morpholine rings is 1. The summed E-state index contributed by atoms with van der Waals surface area (Å²) >= 11 is 0. The molecule has 3 N–H and O–H groups in total. The zero-order valence-corrected chi connectivity index (χ0v) is 12.7. The van der Waals surface area contributed by atoms with Crippen LogP contribution in [0.4, 0.5) is 11.5 Å². The number of phenolic OH excluding ortho intramolecular Hbond substituents is 1. The molecule has 1 aliphatic heterocycles. The summed E-state index contributed by atoms with van der Waals surface area (Å²) in [6.45, 7) is 5.58. The molecule has 0 bridgehead atoms. The van der Waals surface area contributed by atoms with Gasteiger partial charge in [0.15, 0.2) is 5.82 Å². The first-order valence-corrected chi connectivity index (χ1v) is 7.36. The van der Waals surface area contributed by atoms with E-state index in [-0.39, 0.29) is 18.0 Å². The molecule has 2 heterocycles. The van der Waals surface area contributed by atoms with Crippen molar-refractivity contribution in [3.05, 3.63) is 30.3 Å². The molecule has 1 aromatic heterocycles. The molecule has 6 heteroatoms. The number of aromatic hydroxyl groups is 1. The van der Waals surface area contributed by atoms with Gasteiger partial charge < -0.3 is 20.5 Å². The molecule has 0 radical (unpaired) electrons. The van der Waals surface area contributed by atoms with Crippen molar-refractivity contribution in [3.8, 4) is 17.0 Å². The van der Waals surface area contributed by atoms with E-state index in [0.717, 1.165) is 18.8 Å². The van der Waals surface area contributed by atoms with Crippen LogP contribution in [-0.4, -0.2) is 40.6 Å². The van der Waals surface area contributed by atoms with Gasteiger partial charge in [-0.05, 0) is 32.0 Å². The fraction of sp³-hybridized carbons (Fsp3) is 0.375. The largest absolute Gasteiger partial charge is 0.507 e. The lowest BCUT2D eigenvalue weighted by atomic mass is 10.1. The van der Waals surface area contributed by atoms with Gasteiger partial charge in [0, 0.05) is 18.7 Å². The Balaban J connectivity index is 1.98. The van der Waals surface area contributed by atoms with Crippen molar-refractivity contribution in [2.24, 2.45) is 0 Å². The van der Waals surface area contributed by atoms with Crippen LogP contribution in [0.1, 0.15) is 13.8 Å². The molecule has 0 saturated carbocycles. The molecule has 1 aliphatic rings. The topological polar surface area (TPSA) is 84.5 Å². The molecule has 0 spiro atoms. The number of hydrogen-bond acceptors (Lipinski definition) is 6. The van der Waals surface area contributed by atoms with Crippen molar-refractivity contribution in [1.29, 1.82) is 0 Å².